The first-order chi connectivity index (χ1) is 9.72. The topological polar surface area (TPSA) is 12.4 Å². The molecule has 1 aromatic carbocycles. The van der Waals surface area contributed by atoms with Gasteiger partial charge in [-0.25, -0.2) is 0 Å². The number of hydrogen-bond donors (Lipinski definition) is 0. The van der Waals surface area contributed by atoms with Crippen molar-refractivity contribution in [3.05, 3.63) is 65.6 Å². The zero-order valence-electron chi connectivity index (χ0n) is 12.0. The van der Waals surface area contributed by atoms with Crippen LogP contribution in [-0.2, 0) is 0 Å². The maximum atomic E-state index is 4.59. The summed E-state index contributed by atoms with van der Waals surface area (Å²) in [6.07, 6.45) is 6.40. The van der Waals surface area contributed by atoms with E-state index in [9.17, 15) is 0 Å². The minimum absolute atomic E-state index is 0.782. The van der Waals surface area contributed by atoms with Gasteiger partial charge in [-0.05, 0) is 42.9 Å². The van der Waals surface area contributed by atoms with Crippen LogP contribution in [-0.4, -0.2) is 6.21 Å². The first-order valence-corrected chi connectivity index (χ1v) is 7.48. The van der Waals surface area contributed by atoms with Gasteiger partial charge in [-0.2, -0.15) is 0 Å². The van der Waals surface area contributed by atoms with Crippen molar-refractivity contribution in [1.82, 2.24) is 0 Å². The minimum atomic E-state index is 0.782. The second-order valence-corrected chi connectivity index (χ2v) is 5.56. The van der Waals surface area contributed by atoms with Gasteiger partial charge < -0.3 is 0 Å². The molecule has 1 aromatic heterocycles. The largest absolute Gasteiger partial charge is 0.260 e. The van der Waals surface area contributed by atoms with Crippen molar-refractivity contribution in [2.45, 2.75) is 20.3 Å². The number of fused-ring (bicyclic) bond motifs is 1. The molecule has 0 N–H and O–H groups in total. The molecule has 1 heterocycles. The van der Waals surface area contributed by atoms with Crippen molar-refractivity contribution in [3.8, 4) is 0 Å². The lowest BCUT2D eigenvalue weighted by atomic mass is 10.1. The number of rotatable bonds is 5. The number of hydrogen-bond acceptors (Lipinski definition) is 2. The summed E-state index contributed by atoms with van der Waals surface area (Å²) in [6.45, 7) is 11.8. The highest BCUT2D eigenvalue weighted by Crippen LogP contribution is 2.37. The van der Waals surface area contributed by atoms with Gasteiger partial charge in [0.2, 0.25) is 0 Å². The Balaban J connectivity index is 2.72. The van der Waals surface area contributed by atoms with E-state index >= 15 is 0 Å². The number of benzene rings is 1. The normalized spacial score (nSPS) is 12.7. The van der Waals surface area contributed by atoms with Crippen molar-refractivity contribution in [2.24, 2.45) is 4.99 Å². The molecule has 2 heteroatoms. The quantitative estimate of drug-likeness (QED) is 0.374. The van der Waals surface area contributed by atoms with Crippen molar-refractivity contribution >= 4 is 33.3 Å². The van der Waals surface area contributed by atoms with Crippen LogP contribution in [0.3, 0.4) is 0 Å². The minimum Gasteiger partial charge on any atom is -0.260 e. The van der Waals surface area contributed by atoms with Crippen LogP contribution in [0, 0.1) is 6.92 Å². The monoisotopic (exact) mass is 281 g/mol. The van der Waals surface area contributed by atoms with Gasteiger partial charge in [0.25, 0.3) is 0 Å². The van der Waals surface area contributed by atoms with Crippen molar-refractivity contribution < 1.29 is 0 Å². The first kappa shape index (κ1) is 14.5. The summed E-state index contributed by atoms with van der Waals surface area (Å²) in [4.78, 5) is 5.81. The van der Waals surface area contributed by atoms with Crippen LogP contribution in [0.2, 0.25) is 0 Å². The SMILES string of the molecule is C=CC/C(C=C)=C(\N=CC)c1sc2ccccc2c1C. The average molecular weight is 281 g/mol. The van der Waals surface area contributed by atoms with Gasteiger partial charge >= 0.3 is 0 Å². The molecule has 0 spiro atoms. The molecule has 0 radical (unpaired) electrons. The van der Waals surface area contributed by atoms with Gasteiger partial charge in [0.1, 0.15) is 0 Å². The zero-order chi connectivity index (χ0) is 14.5. The molecule has 0 atom stereocenters. The Labute approximate surface area is 124 Å². The van der Waals surface area contributed by atoms with Crippen LogP contribution >= 0.6 is 11.3 Å². The number of allylic oxidation sites excluding steroid dienone is 3. The van der Waals surface area contributed by atoms with E-state index in [1.165, 1.54) is 20.5 Å². The molecular weight excluding hydrogens is 262 g/mol. The summed E-state index contributed by atoms with van der Waals surface area (Å²) in [6, 6.07) is 8.48. The lowest BCUT2D eigenvalue weighted by Crippen LogP contribution is -1.87. The molecule has 0 saturated carbocycles. The Morgan fingerprint density at radius 1 is 1.30 bits per heavy atom. The molecule has 0 unspecified atom stereocenters. The van der Waals surface area contributed by atoms with Gasteiger partial charge in [-0.3, -0.25) is 4.99 Å². The van der Waals surface area contributed by atoms with Crippen LogP contribution in [0.25, 0.3) is 15.8 Å². The van der Waals surface area contributed by atoms with Crippen LogP contribution in [0.4, 0.5) is 0 Å². The molecule has 0 amide bonds. The van der Waals surface area contributed by atoms with E-state index in [1.807, 2.05) is 25.3 Å². The first-order valence-electron chi connectivity index (χ1n) is 6.66. The molecule has 0 fully saturated rings. The summed E-state index contributed by atoms with van der Waals surface area (Å²) in [5.74, 6) is 0. The number of nitrogens with zero attached hydrogens (tertiary/aromatic N) is 1. The Kier molecular flexibility index (Phi) is 4.70. The highest BCUT2D eigenvalue weighted by molar-refractivity contribution is 7.20. The van der Waals surface area contributed by atoms with Crippen LogP contribution < -0.4 is 0 Å². The van der Waals surface area contributed by atoms with Crippen molar-refractivity contribution in [2.75, 3.05) is 0 Å². The zero-order valence-corrected chi connectivity index (χ0v) is 12.8. The predicted molar refractivity (Wildman–Crippen MR) is 92.7 cm³/mol. The smallest absolute Gasteiger partial charge is 0.0835 e. The van der Waals surface area contributed by atoms with Gasteiger partial charge in [0.15, 0.2) is 0 Å². The molecule has 2 rings (SSSR count). The van der Waals surface area contributed by atoms with E-state index in [4.69, 9.17) is 0 Å². The van der Waals surface area contributed by atoms with Crippen LogP contribution in [0.15, 0.2) is 60.1 Å². The Morgan fingerprint density at radius 3 is 2.65 bits per heavy atom. The predicted octanol–water partition coefficient (Wildman–Crippen LogP) is 5.77. The lowest BCUT2D eigenvalue weighted by Gasteiger charge is -2.06. The third-order valence-electron chi connectivity index (χ3n) is 3.23. The molecule has 20 heavy (non-hydrogen) atoms. The summed E-state index contributed by atoms with van der Waals surface area (Å²) < 4.78 is 1.30. The standard InChI is InChI=1S/C18H19NS/c1-5-10-14(6-2)17(19-7-3)18-13(4)15-11-8-9-12-16(15)20-18/h5-9,11-12H,1-2,10H2,3-4H3/b17-14-,19-7?. The highest BCUT2D eigenvalue weighted by Gasteiger charge is 2.13. The van der Waals surface area contributed by atoms with E-state index < -0.39 is 0 Å². The molecule has 0 aliphatic rings. The van der Waals surface area contributed by atoms with Gasteiger partial charge in [-0.1, -0.05) is 36.9 Å². The summed E-state index contributed by atoms with van der Waals surface area (Å²) in [7, 11) is 0. The molecule has 1 nitrogen and oxygen atoms in total. The van der Waals surface area contributed by atoms with Crippen molar-refractivity contribution in [3.63, 3.8) is 0 Å². The highest BCUT2D eigenvalue weighted by atomic mass is 32.1. The van der Waals surface area contributed by atoms with Crippen LogP contribution in [0.1, 0.15) is 23.8 Å². The molecule has 0 bridgehead atoms. The number of thiophene rings is 1. The number of aliphatic imine (C=N–C) groups is 1. The second kappa shape index (κ2) is 6.49. The molecule has 102 valence electrons. The van der Waals surface area contributed by atoms with Crippen LogP contribution in [0.5, 0.6) is 0 Å². The second-order valence-electron chi connectivity index (χ2n) is 4.51. The van der Waals surface area contributed by atoms with E-state index in [2.05, 4.69) is 49.3 Å². The summed E-state index contributed by atoms with van der Waals surface area (Å²) in [5, 5.41) is 1.30. The molecular formula is C18H19NS. The fraction of sp³-hybridized carbons (Fsp3) is 0.167. The van der Waals surface area contributed by atoms with Gasteiger partial charge in [-0.15, -0.1) is 17.9 Å². The molecule has 0 aliphatic carbocycles. The third-order valence-corrected chi connectivity index (χ3v) is 4.51. The maximum Gasteiger partial charge on any atom is 0.0835 e. The Hall–Kier alpha value is -1.93. The molecule has 0 saturated heterocycles. The van der Waals surface area contributed by atoms with Gasteiger partial charge in [0, 0.05) is 10.9 Å². The summed E-state index contributed by atoms with van der Waals surface area (Å²) >= 11 is 1.79. The molecule has 0 aliphatic heterocycles. The fourth-order valence-corrected chi connectivity index (χ4v) is 3.49. The Morgan fingerprint density at radius 2 is 2.05 bits per heavy atom. The van der Waals surface area contributed by atoms with E-state index in [0.29, 0.717) is 0 Å². The van der Waals surface area contributed by atoms with E-state index in [0.717, 1.165) is 17.7 Å². The van der Waals surface area contributed by atoms with E-state index in [-0.39, 0.29) is 0 Å². The van der Waals surface area contributed by atoms with Gasteiger partial charge in [0.05, 0.1) is 10.6 Å². The summed E-state index contributed by atoms with van der Waals surface area (Å²) in [5.41, 5.74) is 3.42. The van der Waals surface area contributed by atoms with Crippen molar-refractivity contribution in [1.29, 1.82) is 0 Å². The van der Waals surface area contributed by atoms with E-state index in [1.54, 1.807) is 11.3 Å². The Bertz CT molecular complexity index is 701. The third kappa shape index (κ3) is 2.66. The fourth-order valence-electron chi connectivity index (χ4n) is 2.25. The average Bonchev–Trinajstić information content (AvgIpc) is 2.80. The molecule has 2 aromatic rings. The maximum absolute atomic E-state index is 4.59. The number of aryl methyl sites for hydroxylation is 1. The lowest BCUT2D eigenvalue weighted by molar-refractivity contribution is 1.28.